The smallest absolute Gasteiger partial charge is 0.149 e. The van der Waals surface area contributed by atoms with Gasteiger partial charge in [-0.25, -0.2) is 8.78 Å². The maximum absolute atomic E-state index is 13.2. The third-order valence-electron chi connectivity index (χ3n) is 1.86. The highest BCUT2D eigenvalue weighted by Gasteiger charge is 2.05. The molecule has 14 heavy (non-hydrogen) atoms. The largest absolute Gasteiger partial charge is 0.253 e. The Morgan fingerprint density at radius 2 is 1.86 bits per heavy atom. The summed E-state index contributed by atoms with van der Waals surface area (Å²) in [4.78, 5) is 3.85. The van der Waals surface area contributed by atoms with E-state index in [4.69, 9.17) is 0 Å². The summed E-state index contributed by atoms with van der Waals surface area (Å²) in [5.74, 6) is -0.842. The van der Waals surface area contributed by atoms with E-state index in [-0.39, 0.29) is 5.69 Å². The molecule has 0 bridgehead atoms. The molecule has 0 aliphatic heterocycles. The van der Waals surface area contributed by atoms with Crippen LogP contribution in [0.15, 0.2) is 42.6 Å². The van der Waals surface area contributed by atoms with Gasteiger partial charge in [-0.1, -0.05) is 12.1 Å². The molecule has 70 valence electrons. The Balaban J connectivity index is 2.55. The molecule has 1 aromatic carbocycles. The normalized spacial score (nSPS) is 10.1. The molecule has 0 N–H and O–H groups in total. The second-order valence-corrected chi connectivity index (χ2v) is 2.84. The number of nitrogens with zero attached hydrogens (tertiary/aromatic N) is 1. The van der Waals surface area contributed by atoms with Gasteiger partial charge < -0.3 is 0 Å². The summed E-state index contributed by atoms with van der Waals surface area (Å²) < 4.78 is 26.1. The van der Waals surface area contributed by atoms with Crippen molar-refractivity contribution in [3.8, 4) is 11.3 Å². The maximum atomic E-state index is 13.2. The fraction of sp³-hybridized carbons (Fsp3) is 0. The molecule has 0 aliphatic carbocycles. The standard InChI is InChI=1S/C11H7F2N/c12-9-4-1-3-8(7-9)11-10(13)5-2-6-14-11/h1-7H. The Bertz CT molecular complexity index is 455. The van der Waals surface area contributed by atoms with Crippen molar-refractivity contribution >= 4 is 0 Å². The van der Waals surface area contributed by atoms with Gasteiger partial charge in [-0.3, -0.25) is 4.98 Å². The van der Waals surface area contributed by atoms with E-state index in [1.807, 2.05) is 0 Å². The van der Waals surface area contributed by atoms with E-state index < -0.39 is 11.6 Å². The van der Waals surface area contributed by atoms with Gasteiger partial charge >= 0.3 is 0 Å². The maximum Gasteiger partial charge on any atom is 0.149 e. The molecular formula is C11H7F2N. The molecule has 1 aromatic heterocycles. The first-order valence-electron chi connectivity index (χ1n) is 4.14. The zero-order valence-corrected chi connectivity index (χ0v) is 7.24. The summed E-state index contributed by atoms with van der Waals surface area (Å²) in [6.07, 6.45) is 1.48. The van der Waals surface area contributed by atoms with Gasteiger partial charge in [0.2, 0.25) is 0 Å². The highest BCUT2D eigenvalue weighted by atomic mass is 19.1. The lowest BCUT2D eigenvalue weighted by atomic mass is 10.1. The average Bonchev–Trinajstić information content (AvgIpc) is 2.18. The molecule has 0 fully saturated rings. The molecule has 2 aromatic rings. The minimum absolute atomic E-state index is 0.173. The Hall–Kier alpha value is -1.77. The van der Waals surface area contributed by atoms with Gasteiger partial charge in [0, 0.05) is 11.8 Å². The van der Waals surface area contributed by atoms with Crippen LogP contribution in [-0.2, 0) is 0 Å². The van der Waals surface area contributed by atoms with E-state index in [9.17, 15) is 8.78 Å². The first-order valence-corrected chi connectivity index (χ1v) is 4.14. The molecule has 3 heteroatoms. The van der Waals surface area contributed by atoms with Crippen molar-refractivity contribution in [1.29, 1.82) is 0 Å². The Morgan fingerprint density at radius 1 is 1.00 bits per heavy atom. The van der Waals surface area contributed by atoms with Crippen molar-refractivity contribution < 1.29 is 8.78 Å². The van der Waals surface area contributed by atoms with E-state index in [0.29, 0.717) is 5.56 Å². The summed E-state index contributed by atoms with van der Waals surface area (Å²) in [5.41, 5.74) is 0.620. The molecule has 2 rings (SSSR count). The molecule has 0 amide bonds. The summed E-state index contributed by atoms with van der Waals surface area (Å²) in [5, 5.41) is 0. The lowest BCUT2D eigenvalue weighted by molar-refractivity contribution is 0.621. The number of rotatable bonds is 1. The lowest BCUT2D eigenvalue weighted by Crippen LogP contribution is -1.88. The van der Waals surface area contributed by atoms with E-state index in [0.717, 1.165) is 0 Å². The van der Waals surface area contributed by atoms with Gasteiger partial charge in [0.15, 0.2) is 0 Å². The molecule has 0 saturated carbocycles. The number of aromatic nitrogens is 1. The van der Waals surface area contributed by atoms with Gasteiger partial charge in [0.05, 0.1) is 0 Å². The Morgan fingerprint density at radius 3 is 2.57 bits per heavy atom. The molecule has 1 nitrogen and oxygen atoms in total. The minimum atomic E-state index is -0.446. The predicted octanol–water partition coefficient (Wildman–Crippen LogP) is 3.03. The number of hydrogen-bond donors (Lipinski definition) is 0. The van der Waals surface area contributed by atoms with Crippen molar-refractivity contribution in [2.75, 3.05) is 0 Å². The van der Waals surface area contributed by atoms with Crippen molar-refractivity contribution in [3.63, 3.8) is 0 Å². The van der Waals surface area contributed by atoms with Crippen LogP contribution in [0.2, 0.25) is 0 Å². The monoisotopic (exact) mass is 191 g/mol. The molecule has 0 spiro atoms. The number of benzene rings is 1. The average molecular weight is 191 g/mol. The molecular weight excluding hydrogens is 184 g/mol. The molecule has 0 radical (unpaired) electrons. The zero-order valence-electron chi connectivity index (χ0n) is 7.24. The number of pyridine rings is 1. The second kappa shape index (κ2) is 3.54. The van der Waals surface area contributed by atoms with Crippen molar-refractivity contribution in [2.24, 2.45) is 0 Å². The molecule has 0 aliphatic rings. The van der Waals surface area contributed by atoms with Crippen molar-refractivity contribution in [2.45, 2.75) is 0 Å². The van der Waals surface area contributed by atoms with Crippen LogP contribution in [0.25, 0.3) is 11.3 Å². The van der Waals surface area contributed by atoms with E-state index in [1.54, 1.807) is 6.07 Å². The lowest BCUT2D eigenvalue weighted by Gasteiger charge is -2.01. The van der Waals surface area contributed by atoms with Crippen LogP contribution >= 0.6 is 0 Å². The van der Waals surface area contributed by atoms with Crippen LogP contribution in [0.4, 0.5) is 8.78 Å². The van der Waals surface area contributed by atoms with Crippen LogP contribution in [0.1, 0.15) is 0 Å². The quantitative estimate of drug-likeness (QED) is 0.675. The fourth-order valence-corrected chi connectivity index (χ4v) is 1.23. The van der Waals surface area contributed by atoms with Crippen LogP contribution in [0.5, 0.6) is 0 Å². The second-order valence-electron chi connectivity index (χ2n) is 2.84. The summed E-state index contributed by atoms with van der Waals surface area (Å²) >= 11 is 0. The van der Waals surface area contributed by atoms with Crippen LogP contribution in [-0.4, -0.2) is 4.98 Å². The van der Waals surface area contributed by atoms with Gasteiger partial charge in [-0.2, -0.15) is 0 Å². The van der Waals surface area contributed by atoms with Gasteiger partial charge in [-0.05, 0) is 24.3 Å². The van der Waals surface area contributed by atoms with Crippen LogP contribution in [0, 0.1) is 11.6 Å². The third-order valence-corrected chi connectivity index (χ3v) is 1.86. The topological polar surface area (TPSA) is 12.9 Å². The molecule has 1 heterocycles. The van der Waals surface area contributed by atoms with E-state index in [2.05, 4.69) is 4.98 Å². The van der Waals surface area contributed by atoms with E-state index in [1.165, 1.54) is 36.5 Å². The Labute approximate surface area is 80.0 Å². The summed E-state index contributed by atoms with van der Waals surface area (Å²) in [6.45, 7) is 0. The summed E-state index contributed by atoms with van der Waals surface area (Å²) in [6, 6.07) is 8.51. The third kappa shape index (κ3) is 1.62. The molecule has 0 unspecified atom stereocenters. The summed E-state index contributed by atoms with van der Waals surface area (Å²) in [7, 11) is 0. The number of halogens is 2. The van der Waals surface area contributed by atoms with Gasteiger partial charge in [0.1, 0.15) is 17.3 Å². The molecule has 0 saturated heterocycles. The SMILES string of the molecule is Fc1cccc(-c2ncccc2F)c1. The fourth-order valence-electron chi connectivity index (χ4n) is 1.23. The Kier molecular flexibility index (Phi) is 2.23. The minimum Gasteiger partial charge on any atom is -0.253 e. The van der Waals surface area contributed by atoms with E-state index >= 15 is 0 Å². The van der Waals surface area contributed by atoms with Crippen LogP contribution < -0.4 is 0 Å². The number of hydrogen-bond acceptors (Lipinski definition) is 1. The van der Waals surface area contributed by atoms with Crippen molar-refractivity contribution in [1.82, 2.24) is 4.98 Å². The highest BCUT2D eigenvalue weighted by Crippen LogP contribution is 2.20. The molecule has 0 atom stereocenters. The zero-order chi connectivity index (χ0) is 9.97. The first-order chi connectivity index (χ1) is 6.77. The first kappa shape index (κ1) is 8.81. The van der Waals surface area contributed by atoms with Gasteiger partial charge in [0.25, 0.3) is 0 Å². The van der Waals surface area contributed by atoms with Gasteiger partial charge in [-0.15, -0.1) is 0 Å². The predicted molar refractivity (Wildman–Crippen MR) is 49.6 cm³/mol. The van der Waals surface area contributed by atoms with Crippen LogP contribution in [0.3, 0.4) is 0 Å². The van der Waals surface area contributed by atoms with Crippen molar-refractivity contribution in [3.05, 3.63) is 54.2 Å². The highest BCUT2D eigenvalue weighted by molar-refractivity contribution is 5.59.